The fourth-order valence-electron chi connectivity index (χ4n) is 2.64. The van der Waals surface area contributed by atoms with E-state index in [4.69, 9.17) is 17.3 Å². The van der Waals surface area contributed by atoms with Gasteiger partial charge in [-0.25, -0.2) is 0 Å². The lowest BCUT2D eigenvalue weighted by atomic mass is 10.0. The van der Waals surface area contributed by atoms with Crippen molar-refractivity contribution in [2.24, 2.45) is 11.7 Å². The van der Waals surface area contributed by atoms with Crippen molar-refractivity contribution >= 4 is 17.3 Å². The Balaban J connectivity index is 2.26. The van der Waals surface area contributed by atoms with Crippen LogP contribution in [0.3, 0.4) is 0 Å². The summed E-state index contributed by atoms with van der Waals surface area (Å²) in [6, 6.07) is 6.41. The molecule has 2 nitrogen and oxygen atoms in total. The lowest BCUT2D eigenvalue weighted by molar-refractivity contribution is 0.643. The average molecular weight is 267 g/mol. The highest BCUT2D eigenvalue weighted by atomic mass is 35.5. The largest absolute Gasteiger partial charge is 0.370 e. The van der Waals surface area contributed by atoms with Gasteiger partial charge in [-0.15, -0.1) is 0 Å². The summed E-state index contributed by atoms with van der Waals surface area (Å²) in [6.45, 7) is 6.65. The Hall–Kier alpha value is -0.730. The Kier molecular flexibility index (Phi) is 4.52. The van der Waals surface area contributed by atoms with Gasteiger partial charge in [0.25, 0.3) is 0 Å². The predicted octanol–water partition coefficient (Wildman–Crippen LogP) is 3.47. The third-order valence-corrected chi connectivity index (χ3v) is 4.12. The molecule has 1 aliphatic rings. The zero-order chi connectivity index (χ0) is 13.1. The van der Waals surface area contributed by atoms with Crippen molar-refractivity contribution in [2.45, 2.75) is 39.2 Å². The second kappa shape index (κ2) is 5.94. The van der Waals surface area contributed by atoms with Crippen LogP contribution >= 0.6 is 11.6 Å². The molecule has 0 bridgehead atoms. The van der Waals surface area contributed by atoms with E-state index in [1.807, 2.05) is 12.1 Å². The second-order valence-electron chi connectivity index (χ2n) is 5.46. The van der Waals surface area contributed by atoms with E-state index in [1.165, 1.54) is 17.7 Å². The monoisotopic (exact) mass is 266 g/mol. The van der Waals surface area contributed by atoms with Crippen LogP contribution in [0, 0.1) is 5.92 Å². The van der Waals surface area contributed by atoms with Crippen LogP contribution in [-0.2, 0) is 6.42 Å². The molecule has 3 heteroatoms. The molecule has 0 amide bonds. The van der Waals surface area contributed by atoms with Gasteiger partial charge in [-0.2, -0.15) is 0 Å². The van der Waals surface area contributed by atoms with Gasteiger partial charge in [-0.3, -0.25) is 0 Å². The molecule has 1 saturated heterocycles. The van der Waals surface area contributed by atoms with Crippen molar-refractivity contribution in [1.82, 2.24) is 0 Å². The summed E-state index contributed by atoms with van der Waals surface area (Å²) in [7, 11) is 0. The quantitative estimate of drug-likeness (QED) is 0.904. The van der Waals surface area contributed by atoms with E-state index in [-0.39, 0.29) is 6.04 Å². The molecule has 2 atom stereocenters. The van der Waals surface area contributed by atoms with Crippen LogP contribution in [0.2, 0.25) is 5.02 Å². The maximum atomic E-state index is 6.40. The molecule has 1 aromatic rings. The van der Waals surface area contributed by atoms with Gasteiger partial charge < -0.3 is 10.6 Å². The molecule has 100 valence electrons. The Morgan fingerprint density at radius 1 is 1.50 bits per heavy atom. The van der Waals surface area contributed by atoms with E-state index in [9.17, 15) is 0 Å². The van der Waals surface area contributed by atoms with Crippen molar-refractivity contribution in [1.29, 1.82) is 0 Å². The third-order valence-electron chi connectivity index (χ3n) is 3.82. The molecule has 1 fully saturated rings. The molecule has 1 aromatic carbocycles. The number of benzene rings is 1. The Labute approximate surface area is 115 Å². The minimum Gasteiger partial charge on any atom is -0.370 e. The topological polar surface area (TPSA) is 29.3 Å². The maximum Gasteiger partial charge on any atom is 0.0642 e. The highest BCUT2D eigenvalue weighted by Crippen LogP contribution is 2.34. The van der Waals surface area contributed by atoms with E-state index in [0.717, 1.165) is 36.9 Å². The number of rotatable bonds is 4. The van der Waals surface area contributed by atoms with Crippen molar-refractivity contribution in [2.75, 3.05) is 18.0 Å². The lowest BCUT2D eigenvalue weighted by Crippen LogP contribution is -2.25. The third kappa shape index (κ3) is 2.99. The summed E-state index contributed by atoms with van der Waals surface area (Å²) < 4.78 is 0. The van der Waals surface area contributed by atoms with Crippen LogP contribution < -0.4 is 10.6 Å². The van der Waals surface area contributed by atoms with Gasteiger partial charge in [0, 0.05) is 19.1 Å². The molecule has 2 rings (SSSR count). The minimum atomic E-state index is 0.224. The zero-order valence-electron chi connectivity index (χ0n) is 11.3. The van der Waals surface area contributed by atoms with Gasteiger partial charge in [-0.05, 0) is 36.8 Å². The minimum absolute atomic E-state index is 0.224. The van der Waals surface area contributed by atoms with Crippen molar-refractivity contribution in [3.8, 4) is 0 Å². The Bertz CT molecular complexity index is 405. The molecule has 0 spiro atoms. The van der Waals surface area contributed by atoms with Crippen molar-refractivity contribution in [3.05, 3.63) is 28.8 Å². The Morgan fingerprint density at radius 3 is 2.89 bits per heavy atom. The first kappa shape index (κ1) is 13.7. The molecule has 2 N–H and O–H groups in total. The van der Waals surface area contributed by atoms with E-state index in [1.54, 1.807) is 0 Å². The fourth-order valence-corrected chi connectivity index (χ4v) is 2.96. The molecule has 1 heterocycles. The lowest BCUT2D eigenvalue weighted by Gasteiger charge is -2.24. The molecule has 0 saturated carbocycles. The van der Waals surface area contributed by atoms with Crippen LogP contribution in [-0.4, -0.2) is 19.1 Å². The van der Waals surface area contributed by atoms with Gasteiger partial charge in [0.1, 0.15) is 0 Å². The number of hydrogen-bond acceptors (Lipinski definition) is 2. The summed E-state index contributed by atoms with van der Waals surface area (Å²) in [6.07, 6.45) is 3.17. The molecule has 0 radical (unpaired) electrons. The van der Waals surface area contributed by atoms with Crippen LogP contribution in [0.5, 0.6) is 0 Å². The molecule has 0 aliphatic carbocycles. The number of anilines is 1. The van der Waals surface area contributed by atoms with Crippen LogP contribution in [0.15, 0.2) is 18.2 Å². The number of para-hydroxylation sites is 1. The normalized spacial score (nSPS) is 21.3. The van der Waals surface area contributed by atoms with Gasteiger partial charge in [0.2, 0.25) is 0 Å². The van der Waals surface area contributed by atoms with E-state index >= 15 is 0 Å². The van der Waals surface area contributed by atoms with Gasteiger partial charge in [0.05, 0.1) is 10.7 Å². The zero-order valence-corrected chi connectivity index (χ0v) is 12.1. The molecule has 0 aromatic heterocycles. The summed E-state index contributed by atoms with van der Waals surface area (Å²) in [5.74, 6) is 0.758. The summed E-state index contributed by atoms with van der Waals surface area (Å²) in [5.41, 5.74) is 8.60. The summed E-state index contributed by atoms with van der Waals surface area (Å²) in [5, 5.41) is 0.866. The molecule has 2 unspecified atom stereocenters. The molecule has 1 aliphatic heterocycles. The summed E-state index contributed by atoms with van der Waals surface area (Å²) >= 11 is 6.40. The molecular formula is C15H23ClN2. The highest BCUT2D eigenvalue weighted by Gasteiger charge is 2.23. The number of hydrogen-bond donors (Lipinski definition) is 1. The second-order valence-corrected chi connectivity index (χ2v) is 5.87. The van der Waals surface area contributed by atoms with Crippen LogP contribution in [0.4, 0.5) is 5.69 Å². The van der Waals surface area contributed by atoms with E-state index in [2.05, 4.69) is 24.8 Å². The highest BCUT2D eigenvalue weighted by molar-refractivity contribution is 6.33. The summed E-state index contributed by atoms with van der Waals surface area (Å²) in [4.78, 5) is 2.42. The predicted molar refractivity (Wildman–Crippen MR) is 79.4 cm³/mol. The first-order valence-corrected chi connectivity index (χ1v) is 7.27. The van der Waals surface area contributed by atoms with E-state index < -0.39 is 0 Å². The average Bonchev–Trinajstić information content (AvgIpc) is 2.75. The van der Waals surface area contributed by atoms with Gasteiger partial charge in [-0.1, -0.05) is 37.6 Å². The standard InChI is InChI=1S/C15H23ClN2/c1-3-13(17)9-12-5-4-6-14(16)15(12)18-8-7-11(2)10-18/h4-6,11,13H,3,7-10,17H2,1-2H3. The smallest absolute Gasteiger partial charge is 0.0642 e. The molecule has 18 heavy (non-hydrogen) atoms. The van der Waals surface area contributed by atoms with Crippen LogP contribution in [0.1, 0.15) is 32.3 Å². The number of nitrogens with zero attached hydrogens (tertiary/aromatic N) is 1. The van der Waals surface area contributed by atoms with Gasteiger partial charge >= 0.3 is 0 Å². The fraction of sp³-hybridized carbons (Fsp3) is 0.600. The first-order valence-electron chi connectivity index (χ1n) is 6.89. The SMILES string of the molecule is CCC(N)Cc1cccc(Cl)c1N1CCC(C)C1. The number of nitrogens with two attached hydrogens (primary N) is 1. The van der Waals surface area contributed by atoms with E-state index in [0.29, 0.717) is 0 Å². The first-order chi connectivity index (χ1) is 8.61. The van der Waals surface area contributed by atoms with Crippen LogP contribution in [0.25, 0.3) is 0 Å². The van der Waals surface area contributed by atoms with Gasteiger partial charge in [0.15, 0.2) is 0 Å². The van der Waals surface area contributed by atoms with Crippen molar-refractivity contribution < 1.29 is 0 Å². The number of halogens is 1. The molecular weight excluding hydrogens is 244 g/mol. The maximum absolute atomic E-state index is 6.40. The Morgan fingerprint density at radius 2 is 2.28 bits per heavy atom. The van der Waals surface area contributed by atoms with Crippen molar-refractivity contribution in [3.63, 3.8) is 0 Å².